The number of nitrogens with zero attached hydrogens (tertiary/aromatic N) is 1. The molecule has 0 amide bonds. The lowest BCUT2D eigenvalue weighted by molar-refractivity contribution is 0.203. The van der Waals surface area contributed by atoms with Crippen molar-refractivity contribution >= 4 is 0 Å². The Morgan fingerprint density at radius 3 is 1.45 bits per heavy atom. The van der Waals surface area contributed by atoms with Gasteiger partial charge in [-0.05, 0) is 24.0 Å². The molecule has 0 aromatic heterocycles. The van der Waals surface area contributed by atoms with E-state index < -0.39 is 0 Å². The SMILES string of the molecule is NCN(CN)C(Cc1ccccc1)Cc1ccccc1. The summed E-state index contributed by atoms with van der Waals surface area (Å²) in [6.45, 7) is 0.974. The molecule has 2 aromatic rings. The van der Waals surface area contributed by atoms with Crippen molar-refractivity contribution in [2.75, 3.05) is 13.3 Å². The molecule has 0 unspecified atom stereocenters. The van der Waals surface area contributed by atoms with Gasteiger partial charge in [0.25, 0.3) is 0 Å². The Kier molecular flexibility index (Phi) is 5.74. The van der Waals surface area contributed by atoms with Crippen LogP contribution < -0.4 is 11.5 Å². The largest absolute Gasteiger partial charge is 0.318 e. The molecule has 0 atom stereocenters. The molecular formula is C17H23N3. The summed E-state index contributed by atoms with van der Waals surface area (Å²) in [5.41, 5.74) is 14.3. The monoisotopic (exact) mass is 269 g/mol. The summed E-state index contributed by atoms with van der Waals surface area (Å²) in [5, 5.41) is 0. The van der Waals surface area contributed by atoms with Gasteiger partial charge in [0, 0.05) is 19.4 Å². The van der Waals surface area contributed by atoms with Crippen LogP contribution >= 0.6 is 0 Å². The number of nitrogens with two attached hydrogens (primary N) is 2. The zero-order chi connectivity index (χ0) is 14.2. The molecule has 0 radical (unpaired) electrons. The predicted octanol–water partition coefficient (Wildman–Crippen LogP) is 1.97. The van der Waals surface area contributed by atoms with Crippen molar-refractivity contribution < 1.29 is 0 Å². The second-order valence-electron chi connectivity index (χ2n) is 4.99. The first kappa shape index (κ1) is 14.7. The average Bonchev–Trinajstić information content (AvgIpc) is 2.50. The second kappa shape index (κ2) is 7.80. The highest BCUT2D eigenvalue weighted by atomic mass is 15.2. The van der Waals surface area contributed by atoms with Crippen LogP contribution in [0.5, 0.6) is 0 Å². The molecule has 3 heteroatoms. The first-order valence-corrected chi connectivity index (χ1v) is 7.05. The van der Waals surface area contributed by atoms with Crippen LogP contribution in [0.2, 0.25) is 0 Å². The minimum atomic E-state index is 0.329. The molecule has 0 spiro atoms. The minimum absolute atomic E-state index is 0.329. The lowest BCUT2D eigenvalue weighted by Gasteiger charge is -2.29. The van der Waals surface area contributed by atoms with E-state index in [2.05, 4.69) is 53.4 Å². The molecule has 0 aliphatic rings. The summed E-state index contributed by atoms with van der Waals surface area (Å²) in [6.07, 6.45) is 1.92. The number of hydrogen-bond acceptors (Lipinski definition) is 3. The third-order valence-corrected chi connectivity index (χ3v) is 3.61. The fourth-order valence-electron chi connectivity index (χ4n) is 2.48. The van der Waals surface area contributed by atoms with E-state index in [1.54, 1.807) is 0 Å². The Bertz CT molecular complexity index is 439. The molecule has 2 aromatic carbocycles. The molecule has 0 saturated carbocycles. The number of hydrogen-bond donors (Lipinski definition) is 2. The summed E-state index contributed by atoms with van der Waals surface area (Å²) in [7, 11) is 0. The van der Waals surface area contributed by atoms with Gasteiger partial charge in [-0.1, -0.05) is 60.7 Å². The maximum atomic E-state index is 5.84. The highest BCUT2D eigenvalue weighted by Gasteiger charge is 2.17. The van der Waals surface area contributed by atoms with E-state index in [0.717, 1.165) is 12.8 Å². The second-order valence-corrected chi connectivity index (χ2v) is 4.99. The topological polar surface area (TPSA) is 55.3 Å². The van der Waals surface area contributed by atoms with E-state index in [1.165, 1.54) is 11.1 Å². The molecule has 106 valence electrons. The van der Waals surface area contributed by atoms with Crippen molar-refractivity contribution in [3.8, 4) is 0 Å². The van der Waals surface area contributed by atoms with Crippen LogP contribution in [-0.4, -0.2) is 24.3 Å². The summed E-state index contributed by atoms with van der Waals surface area (Å²) >= 11 is 0. The van der Waals surface area contributed by atoms with Crippen LogP contribution in [0.4, 0.5) is 0 Å². The van der Waals surface area contributed by atoms with E-state index >= 15 is 0 Å². The standard InChI is InChI=1S/C17H23N3/c18-13-20(14-19)17(11-15-7-3-1-4-8-15)12-16-9-5-2-6-10-16/h1-10,17H,11-14,18-19H2. The van der Waals surface area contributed by atoms with Crippen molar-refractivity contribution in [2.45, 2.75) is 18.9 Å². The number of rotatable bonds is 7. The quantitative estimate of drug-likeness (QED) is 0.756. The van der Waals surface area contributed by atoms with Crippen molar-refractivity contribution in [1.29, 1.82) is 0 Å². The maximum Gasteiger partial charge on any atom is 0.0470 e. The van der Waals surface area contributed by atoms with Gasteiger partial charge >= 0.3 is 0 Å². The third-order valence-electron chi connectivity index (χ3n) is 3.61. The average molecular weight is 269 g/mol. The van der Waals surface area contributed by atoms with E-state index in [-0.39, 0.29) is 0 Å². The molecule has 20 heavy (non-hydrogen) atoms. The predicted molar refractivity (Wildman–Crippen MR) is 84.0 cm³/mol. The molecule has 2 rings (SSSR count). The first-order chi connectivity index (χ1) is 9.83. The van der Waals surface area contributed by atoms with Gasteiger partial charge in [-0.2, -0.15) is 0 Å². The van der Waals surface area contributed by atoms with Crippen LogP contribution in [-0.2, 0) is 12.8 Å². The van der Waals surface area contributed by atoms with E-state index in [1.807, 2.05) is 12.1 Å². The van der Waals surface area contributed by atoms with Gasteiger partial charge in [-0.3, -0.25) is 4.90 Å². The molecule has 0 heterocycles. The summed E-state index contributed by atoms with van der Waals surface area (Å²) in [5.74, 6) is 0. The Labute approximate surface area is 121 Å². The molecule has 0 aliphatic carbocycles. The smallest absolute Gasteiger partial charge is 0.0470 e. The van der Waals surface area contributed by atoms with Gasteiger partial charge in [0.1, 0.15) is 0 Å². The van der Waals surface area contributed by atoms with Crippen molar-refractivity contribution in [3.63, 3.8) is 0 Å². The van der Waals surface area contributed by atoms with E-state index in [9.17, 15) is 0 Å². The summed E-state index contributed by atoms with van der Waals surface area (Å²) < 4.78 is 0. The normalized spacial score (nSPS) is 11.2. The molecule has 0 fully saturated rings. The van der Waals surface area contributed by atoms with Crippen molar-refractivity contribution in [3.05, 3.63) is 71.8 Å². The third kappa shape index (κ3) is 4.17. The van der Waals surface area contributed by atoms with Crippen LogP contribution in [0, 0.1) is 0 Å². The van der Waals surface area contributed by atoms with Crippen molar-refractivity contribution in [1.82, 2.24) is 4.90 Å². The minimum Gasteiger partial charge on any atom is -0.318 e. The van der Waals surface area contributed by atoms with Gasteiger partial charge < -0.3 is 11.5 Å². The zero-order valence-electron chi connectivity index (χ0n) is 11.8. The van der Waals surface area contributed by atoms with Gasteiger partial charge in [-0.25, -0.2) is 0 Å². The molecule has 4 N–H and O–H groups in total. The molecule has 3 nitrogen and oxygen atoms in total. The van der Waals surface area contributed by atoms with E-state index in [4.69, 9.17) is 11.5 Å². The lowest BCUT2D eigenvalue weighted by Crippen LogP contribution is -2.45. The van der Waals surface area contributed by atoms with Crippen LogP contribution in [0.1, 0.15) is 11.1 Å². The van der Waals surface area contributed by atoms with Crippen LogP contribution in [0.3, 0.4) is 0 Å². The van der Waals surface area contributed by atoms with Gasteiger partial charge in [-0.15, -0.1) is 0 Å². The lowest BCUT2D eigenvalue weighted by atomic mass is 9.98. The highest BCUT2D eigenvalue weighted by Crippen LogP contribution is 2.13. The molecule has 0 saturated heterocycles. The Balaban J connectivity index is 2.12. The van der Waals surface area contributed by atoms with E-state index in [0.29, 0.717) is 19.4 Å². The van der Waals surface area contributed by atoms with Gasteiger partial charge in [0.2, 0.25) is 0 Å². The maximum absolute atomic E-state index is 5.84. The fraction of sp³-hybridized carbons (Fsp3) is 0.294. The number of benzene rings is 2. The van der Waals surface area contributed by atoms with Gasteiger partial charge in [0.05, 0.1) is 0 Å². The van der Waals surface area contributed by atoms with Crippen LogP contribution in [0.15, 0.2) is 60.7 Å². The highest BCUT2D eigenvalue weighted by molar-refractivity contribution is 5.19. The Hall–Kier alpha value is -1.68. The Morgan fingerprint density at radius 1 is 0.700 bits per heavy atom. The zero-order valence-corrected chi connectivity index (χ0v) is 11.8. The molecule has 0 bridgehead atoms. The van der Waals surface area contributed by atoms with Gasteiger partial charge in [0.15, 0.2) is 0 Å². The summed E-state index contributed by atoms with van der Waals surface area (Å²) in [4.78, 5) is 2.12. The molecular weight excluding hydrogens is 246 g/mol. The first-order valence-electron chi connectivity index (χ1n) is 7.05. The molecule has 0 aliphatic heterocycles. The Morgan fingerprint density at radius 2 is 1.10 bits per heavy atom. The van der Waals surface area contributed by atoms with Crippen LogP contribution in [0.25, 0.3) is 0 Å². The fourth-order valence-corrected chi connectivity index (χ4v) is 2.48. The van der Waals surface area contributed by atoms with Crippen molar-refractivity contribution in [2.24, 2.45) is 11.5 Å². The summed E-state index contributed by atoms with van der Waals surface area (Å²) in [6, 6.07) is 21.3.